The summed E-state index contributed by atoms with van der Waals surface area (Å²) in [6.07, 6.45) is 1.40. The number of rotatable bonds is 5. The number of aryl methyl sites for hydroxylation is 1. The van der Waals surface area contributed by atoms with E-state index in [1.54, 1.807) is 11.8 Å². The van der Waals surface area contributed by atoms with Crippen molar-refractivity contribution >= 4 is 27.8 Å². The summed E-state index contributed by atoms with van der Waals surface area (Å²) in [5.41, 5.74) is -1.04. The molecule has 116 valence electrons. The number of aromatic carboxylic acids is 1. The SMILES string of the molecule is O=C(O)c1cccn(CCS(=O)(=O)N2CCSCC2)c1=O. The number of thioether (sulfide) groups is 1. The maximum absolute atomic E-state index is 12.2. The lowest BCUT2D eigenvalue weighted by atomic mass is 10.3. The van der Waals surface area contributed by atoms with Crippen LogP contribution in [-0.4, -0.2) is 58.7 Å². The zero-order chi connectivity index (χ0) is 15.5. The molecular formula is C12H16N2O5S2. The van der Waals surface area contributed by atoms with Crippen molar-refractivity contribution in [2.45, 2.75) is 6.54 Å². The van der Waals surface area contributed by atoms with Crippen molar-refractivity contribution in [3.63, 3.8) is 0 Å². The molecule has 9 heteroatoms. The first-order chi connectivity index (χ1) is 9.92. The van der Waals surface area contributed by atoms with Gasteiger partial charge in [-0.3, -0.25) is 4.79 Å². The second kappa shape index (κ2) is 6.63. The summed E-state index contributed by atoms with van der Waals surface area (Å²) in [6.45, 7) is 0.917. The van der Waals surface area contributed by atoms with Crippen LogP contribution in [0.2, 0.25) is 0 Å². The summed E-state index contributed by atoms with van der Waals surface area (Å²) < 4.78 is 26.9. The van der Waals surface area contributed by atoms with Crippen molar-refractivity contribution in [2.75, 3.05) is 30.3 Å². The van der Waals surface area contributed by atoms with Crippen LogP contribution in [0.25, 0.3) is 0 Å². The predicted octanol–water partition coefficient (Wildman–Crippen LogP) is -0.0749. The Kier molecular flexibility index (Phi) is 5.07. The molecule has 21 heavy (non-hydrogen) atoms. The monoisotopic (exact) mass is 332 g/mol. The molecule has 1 aliphatic rings. The lowest BCUT2D eigenvalue weighted by Gasteiger charge is -2.25. The molecule has 1 aliphatic heterocycles. The molecule has 0 spiro atoms. The van der Waals surface area contributed by atoms with Gasteiger partial charge in [-0.05, 0) is 12.1 Å². The highest BCUT2D eigenvalue weighted by atomic mass is 32.2. The van der Waals surface area contributed by atoms with E-state index in [9.17, 15) is 18.0 Å². The van der Waals surface area contributed by atoms with E-state index in [0.29, 0.717) is 13.1 Å². The highest BCUT2D eigenvalue weighted by molar-refractivity contribution is 7.99. The minimum absolute atomic E-state index is 0.0497. The van der Waals surface area contributed by atoms with Crippen molar-refractivity contribution in [3.8, 4) is 0 Å². The molecule has 0 aromatic carbocycles. The van der Waals surface area contributed by atoms with E-state index in [1.807, 2.05) is 0 Å². The number of hydrogen-bond acceptors (Lipinski definition) is 5. The number of hydrogen-bond donors (Lipinski definition) is 1. The van der Waals surface area contributed by atoms with Gasteiger partial charge in [0.15, 0.2) is 0 Å². The summed E-state index contributed by atoms with van der Waals surface area (Å²) in [6, 6.07) is 2.63. The van der Waals surface area contributed by atoms with Gasteiger partial charge in [0.25, 0.3) is 5.56 Å². The predicted molar refractivity (Wildman–Crippen MR) is 80.3 cm³/mol. The molecule has 0 bridgehead atoms. The van der Waals surface area contributed by atoms with E-state index in [4.69, 9.17) is 5.11 Å². The van der Waals surface area contributed by atoms with E-state index >= 15 is 0 Å². The zero-order valence-electron chi connectivity index (χ0n) is 11.3. The molecule has 0 amide bonds. The summed E-state index contributed by atoms with van der Waals surface area (Å²) in [4.78, 5) is 22.8. The van der Waals surface area contributed by atoms with Gasteiger partial charge in [-0.2, -0.15) is 11.8 Å². The molecule has 1 aromatic rings. The van der Waals surface area contributed by atoms with Crippen molar-refractivity contribution in [3.05, 3.63) is 34.2 Å². The molecule has 0 radical (unpaired) electrons. The van der Waals surface area contributed by atoms with Gasteiger partial charge in [-0.15, -0.1) is 0 Å². The van der Waals surface area contributed by atoms with Crippen LogP contribution in [0.1, 0.15) is 10.4 Å². The molecule has 2 heterocycles. The molecule has 0 aliphatic carbocycles. The van der Waals surface area contributed by atoms with Gasteiger partial charge >= 0.3 is 5.97 Å². The van der Waals surface area contributed by atoms with E-state index in [2.05, 4.69) is 0 Å². The molecule has 2 rings (SSSR count). The van der Waals surface area contributed by atoms with Crippen LogP contribution in [0.15, 0.2) is 23.1 Å². The molecule has 1 fully saturated rings. The Morgan fingerprint density at radius 2 is 2.00 bits per heavy atom. The van der Waals surface area contributed by atoms with Crippen molar-refractivity contribution in [1.29, 1.82) is 0 Å². The third-order valence-electron chi connectivity index (χ3n) is 3.20. The standard InChI is InChI=1S/C12H16N2O5S2/c15-11-10(12(16)17)2-1-3-13(11)6-9-21(18,19)14-4-7-20-8-5-14/h1-3H,4-9H2,(H,16,17). The van der Waals surface area contributed by atoms with E-state index in [-0.39, 0.29) is 17.9 Å². The summed E-state index contributed by atoms with van der Waals surface area (Å²) in [5.74, 6) is 0.0207. The normalized spacial score (nSPS) is 16.8. The van der Waals surface area contributed by atoms with Crippen LogP contribution in [0, 0.1) is 0 Å². The minimum atomic E-state index is -3.42. The molecule has 0 unspecified atom stereocenters. The first-order valence-corrected chi connectivity index (χ1v) is 9.16. The molecule has 7 nitrogen and oxygen atoms in total. The van der Waals surface area contributed by atoms with Crippen LogP contribution in [0.4, 0.5) is 0 Å². The number of carboxylic acid groups (broad SMARTS) is 1. The quantitative estimate of drug-likeness (QED) is 0.810. The molecule has 1 aromatic heterocycles. The fourth-order valence-corrected chi connectivity index (χ4v) is 4.60. The smallest absolute Gasteiger partial charge is 0.341 e. The zero-order valence-corrected chi connectivity index (χ0v) is 12.9. The Labute approximate surface area is 126 Å². The van der Waals surface area contributed by atoms with Gasteiger partial charge < -0.3 is 9.67 Å². The third-order valence-corrected chi connectivity index (χ3v) is 6.00. The summed E-state index contributed by atoms with van der Waals surface area (Å²) in [7, 11) is -3.42. The molecular weight excluding hydrogens is 316 g/mol. The Morgan fingerprint density at radius 1 is 1.33 bits per heavy atom. The number of aromatic nitrogens is 1. The van der Waals surface area contributed by atoms with Crippen LogP contribution in [-0.2, 0) is 16.6 Å². The first kappa shape index (κ1) is 16.1. The van der Waals surface area contributed by atoms with Gasteiger partial charge in [0.05, 0.1) is 5.75 Å². The maximum atomic E-state index is 12.2. The van der Waals surface area contributed by atoms with Crippen molar-refractivity contribution in [2.24, 2.45) is 0 Å². The fourth-order valence-electron chi connectivity index (χ4n) is 2.04. The van der Waals surface area contributed by atoms with Crippen LogP contribution in [0.3, 0.4) is 0 Å². The molecule has 1 N–H and O–H groups in total. The summed E-state index contributed by atoms with van der Waals surface area (Å²) in [5, 5.41) is 8.88. The van der Waals surface area contributed by atoms with Crippen LogP contribution in [0.5, 0.6) is 0 Å². The Morgan fingerprint density at radius 3 is 2.62 bits per heavy atom. The number of carboxylic acids is 1. The number of nitrogens with zero attached hydrogens (tertiary/aromatic N) is 2. The highest BCUT2D eigenvalue weighted by Crippen LogP contribution is 2.13. The lowest BCUT2D eigenvalue weighted by Crippen LogP contribution is -2.40. The van der Waals surface area contributed by atoms with Crippen LogP contribution >= 0.6 is 11.8 Å². The van der Waals surface area contributed by atoms with Crippen molar-refractivity contribution in [1.82, 2.24) is 8.87 Å². The third kappa shape index (κ3) is 3.86. The molecule has 1 saturated heterocycles. The molecule has 0 saturated carbocycles. The number of sulfonamides is 1. The topological polar surface area (TPSA) is 96.7 Å². The second-order valence-electron chi connectivity index (χ2n) is 4.55. The Balaban J connectivity index is 2.11. The first-order valence-electron chi connectivity index (χ1n) is 6.40. The van der Waals surface area contributed by atoms with E-state index < -0.39 is 21.6 Å². The van der Waals surface area contributed by atoms with Gasteiger partial charge in [0, 0.05) is 37.3 Å². The minimum Gasteiger partial charge on any atom is -0.477 e. The molecule has 0 atom stereocenters. The number of pyridine rings is 1. The van der Waals surface area contributed by atoms with Gasteiger partial charge in [0.1, 0.15) is 5.56 Å². The Hall–Kier alpha value is -1.32. The Bertz CT molecular complexity index is 677. The van der Waals surface area contributed by atoms with Gasteiger partial charge in [-0.1, -0.05) is 0 Å². The van der Waals surface area contributed by atoms with Gasteiger partial charge in [-0.25, -0.2) is 17.5 Å². The van der Waals surface area contributed by atoms with E-state index in [0.717, 1.165) is 16.1 Å². The average molecular weight is 332 g/mol. The fraction of sp³-hybridized carbons (Fsp3) is 0.500. The highest BCUT2D eigenvalue weighted by Gasteiger charge is 2.24. The van der Waals surface area contributed by atoms with Gasteiger partial charge in [0.2, 0.25) is 10.0 Å². The number of carbonyl (C=O) groups is 1. The largest absolute Gasteiger partial charge is 0.477 e. The maximum Gasteiger partial charge on any atom is 0.341 e. The average Bonchev–Trinajstić information content (AvgIpc) is 2.47. The second-order valence-corrected chi connectivity index (χ2v) is 7.87. The van der Waals surface area contributed by atoms with E-state index in [1.165, 1.54) is 22.6 Å². The van der Waals surface area contributed by atoms with Crippen LogP contribution < -0.4 is 5.56 Å². The lowest BCUT2D eigenvalue weighted by molar-refractivity contribution is 0.0694. The summed E-state index contributed by atoms with van der Waals surface area (Å²) >= 11 is 1.71. The van der Waals surface area contributed by atoms with Crippen molar-refractivity contribution < 1.29 is 18.3 Å².